The van der Waals surface area contributed by atoms with E-state index >= 15 is 0 Å². The number of piperidine rings is 1. The molecule has 3 nitrogen and oxygen atoms in total. The molecule has 0 atom stereocenters. The summed E-state index contributed by atoms with van der Waals surface area (Å²) < 4.78 is 8.41. The third-order valence-corrected chi connectivity index (χ3v) is 4.39. The molecule has 0 spiro atoms. The standard InChI is InChI=1S/C17H24N2O/c1-13(2)19-11-7-14(8-12-19)20-17-6-4-5-16-15(17)9-10-18(16)3/h4-6,9-10,13-14H,7-8,11-12H2,1-3H3. The number of aryl methyl sites for hydroxylation is 1. The van der Waals surface area contributed by atoms with E-state index in [4.69, 9.17) is 4.74 Å². The lowest BCUT2D eigenvalue weighted by molar-refractivity contribution is 0.0853. The number of nitrogens with zero attached hydrogens (tertiary/aromatic N) is 2. The molecule has 108 valence electrons. The highest BCUT2D eigenvalue weighted by molar-refractivity contribution is 5.86. The maximum absolute atomic E-state index is 6.27. The van der Waals surface area contributed by atoms with Crippen molar-refractivity contribution in [1.82, 2.24) is 9.47 Å². The highest BCUT2D eigenvalue weighted by Crippen LogP contribution is 2.28. The Morgan fingerprint density at radius 2 is 1.90 bits per heavy atom. The van der Waals surface area contributed by atoms with Crippen LogP contribution >= 0.6 is 0 Å². The molecule has 20 heavy (non-hydrogen) atoms. The molecule has 0 amide bonds. The van der Waals surface area contributed by atoms with Crippen LogP contribution in [0.25, 0.3) is 10.9 Å². The lowest BCUT2D eigenvalue weighted by Gasteiger charge is -2.34. The second kappa shape index (κ2) is 5.49. The number of hydrogen-bond donors (Lipinski definition) is 0. The van der Waals surface area contributed by atoms with E-state index in [1.807, 2.05) is 0 Å². The quantitative estimate of drug-likeness (QED) is 0.851. The summed E-state index contributed by atoms with van der Waals surface area (Å²) in [5.41, 5.74) is 1.24. The molecule has 2 aromatic rings. The van der Waals surface area contributed by atoms with E-state index in [0.29, 0.717) is 12.1 Å². The van der Waals surface area contributed by atoms with E-state index in [-0.39, 0.29) is 0 Å². The summed E-state index contributed by atoms with van der Waals surface area (Å²) in [5, 5.41) is 1.22. The molecule has 0 N–H and O–H groups in total. The van der Waals surface area contributed by atoms with E-state index in [0.717, 1.165) is 31.7 Å². The van der Waals surface area contributed by atoms with E-state index in [9.17, 15) is 0 Å². The molecule has 1 saturated heterocycles. The van der Waals surface area contributed by atoms with Gasteiger partial charge in [-0.05, 0) is 44.9 Å². The molecule has 1 aliphatic heterocycles. The molecule has 0 saturated carbocycles. The lowest BCUT2D eigenvalue weighted by Crippen LogP contribution is -2.41. The van der Waals surface area contributed by atoms with Crippen LogP contribution in [0.2, 0.25) is 0 Å². The molecule has 0 aliphatic carbocycles. The summed E-state index contributed by atoms with van der Waals surface area (Å²) in [6, 6.07) is 9.11. The molecule has 3 heteroatoms. The van der Waals surface area contributed by atoms with Crippen molar-refractivity contribution in [1.29, 1.82) is 0 Å². The van der Waals surface area contributed by atoms with Gasteiger partial charge in [0.15, 0.2) is 0 Å². The lowest BCUT2D eigenvalue weighted by atomic mass is 10.1. The number of likely N-dealkylation sites (tertiary alicyclic amines) is 1. The summed E-state index contributed by atoms with van der Waals surface area (Å²) in [5.74, 6) is 1.03. The molecule has 0 unspecified atom stereocenters. The second-order valence-corrected chi connectivity index (χ2v) is 6.06. The largest absolute Gasteiger partial charge is 0.490 e. The normalized spacial score (nSPS) is 18.0. The number of hydrogen-bond acceptors (Lipinski definition) is 2. The Balaban J connectivity index is 1.71. The van der Waals surface area contributed by atoms with Crippen molar-refractivity contribution in [3.63, 3.8) is 0 Å². The molecule has 1 aliphatic rings. The van der Waals surface area contributed by atoms with Gasteiger partial charge in [-0.3, -0.25) is 0 Å². The third kappa shape index (κ3) is 2.55. The minimum atomic E-state index is 0.357. The first kappa shape index (κ1) is 13.5. The van der Waals surface area contributed by atoms with Crippen LogP contribution in [0, 0.1) is 0 Å². The summed E-state index contributed by atoms with van der Waals surface area (Å²) in [7, 11) is 2.08. The zero-order valence-corrected chi connectivity index (χ0v) is 12.7. The molecular weight excluding hydrogens is 248 g/mol. The summed E-state index contributed by atoms with van der Waals surface area (Å²) in [6.45, 7) is 6.83. The van der Waals surface area contributed by atoms with Crippen molar-refractivity contribution in [3.05, 3.63) is 30.5 Å². The molecule has 0 radical (unpaired) electrons. The predicted octanol–water partition coefficient (Wildman–Crippen LogP) is 3.43. The molecule has 1 aromatic heterocycles. The van der Waals surface area contributed by atoms with E-state index in [2.05, 4.69) is 60.8 Å². The Kier molecular flexibility index (Phi) is 3.70. The Hall–Kier alpha value is -1.48. The van der Waals surface area contributed by atoms with Gasteiger partial charge in [-0.15, -0.1) is 0 Å². The maximum Gasteiger partial charge on any atom is 0.129 e. The van der Waals surface area contributed by atoms with Gasteiger partial charge in [0.05, 0.1) is 5.52 Å². The van der Waals surface area contributed by atoms with Crippen LogP contribution in [-0.2, 0) is 7.05 Å². The van der Waals surface area contributed by atoms with Crippen molar-refractivity contribution in [2.24, 2.45) is 7.05 Å². The van der Waals surface area contributed by atoms with Crippen LogP contribution in [0.4, 0.5) is 0 Å². The number of ether oxygens (including phenoxy) is 1. The van der Waals surface area contributed by atoms with Gasteiger partial charge in [-0.2, -0.15) is 0 Å². The van der Waals surface area contributed by atoms with E-state index < -0.39 is 0 Å². The van der Waals surface area contributed by atoms with Gasteiger partial charge >= 0.3 is 0 Å². The smallest absolute Gasteiger partial charge is 0.129 e. The van der Waals surface area contributed by atoms with Gasteiger partial charge in [-0.1, -0.05) is 6.07 Å². The highest BCUT2D eigenvalue weighted by Gasteiger charge is 2.22. The van der Waals surface area contributed by atoms with Crippen molar-refractivity contribution in [2.75, 3.05) is 13.1 Å². The molecule has 1 aromatic carbocycles. The van der Waals surface area contributed by atoms with Crippen molar-refractivity contribution >= 4 is 10.9 Å². The number of benzene rings is 1. The minimum Gasteiger partial charge on any atom is -0.490 e. The Morgan fingerprint density at radius 3 is 2.60 bits per heavy atom. The van der Waals surface area contributed by atoms with Gasteiger partial charge in [0, 0.05) is 37.8 Å². The first-order valence-electron chi connectivity index (χ1n) is 7.60. The first-order chi connectivity index (χ1) is 9.65. The topological polar surface area (TPSA) is 17.4 Å². The van der Waals surface area contributed by atoms with Crippen LogP contribution < -0.4 is 4.74 Å². The minimum absolute atomic E-state index is 0.357. The second-order valence-electron chi connectivity index (χ2n) is 6.06. The van der Waals surface area contributed by atoms with Crippen molar-refractivity contribution < 1.29 is 4.74 Å². The number of aromatic nitrogens is 1. The van der Waals surface area contributed by atoms with Gasteiger partial charge in [0.2, 0.25) is 0 Å². The van der Waals surface area contributed by atoms with Gasteiger partial charge < -0.3 is 14.2 Å². The Bertz CT molecular complexity index is 580. The van der Waals surface area contributed by atoms with Gasteiger partial charge in [0.1, 0.15) is 11.9 Å². The third-order valence-electron chi connectivity index (χ3n) is 4.39. The first-order valence-corrected chi connectivity index (χ1v) is 7.60. The van der Waals surface area contributed by atoms with Gasteiger partial charge in [0.25, 0.3) is 0 Å². The number of rotatable bonds is 3. The molecule has 1 fully saturated rings. The fourth-order valence-corrected chi connectivity index (χ4v) is 3.07. The summed E-state index contributed by atoms with van der Waals surface area (Å²) in [6.07, 6.45) is 4.71. The Morgan fingerprint density at radius 1 is 1.15 bits per heavy atom. The highest BCUT2D eigenvalue weighted by atomic mass is 16.5. The van der Waals surface area contributed by atoms with Crippen LogP contribution in [-0.4, -0.2) is 34.7 Å². The predicted molar refractivity (Wildman–Crippen MR) is 83.3 cm³/mol. The number of fused-ring (bicyclic) bond motifs is 1. The average Bonchev–Trinajstić information content (AvgIpc) is 2.82. The zero-order chi connectivity index (χ0) is 14.1. The van der Waals surface area contributed by atoms with Crippen LogP contribution in [0.3, 0.4) is 0 Å². The van der Waals surface area contributed by atoms with E-state index in [1.165, 1.54) is 10.9 Å². The van der Waals surface area contributed by atoms with Crippen LogP contribution in [0.5, 0.6) is 5.75 Å². The van der Waals surface area contributed by atoms with Crippen LogP contribution in [0.1, 0.15) is 26.7 Å². The zero-order valence-electron chi connectivity index (χ0n) is 12.7. The molecular formula is C17H24N2O. The summed E-state index contributed by atoms with van der Waals surface area (Å²) in [4.78, 5) is 2.53. The Labute approximate surface area is 121 Å². The molecule has 3 rings (SSSR count). The average molecular weight is 272 g/mol. The van der Waals surface area contributed by atoms with Gasteiger partial charge in [-0.25, -0.2) is 0 Å². The van der Waals surface area contributed by atoms with Crippen molar-refractivity contribution in [2.45, 2.75) is 38.8 Å². The van der Waals surface area contributed by atoms with Crippen molar-refractivity contribution in [3.8, 4) is 5.75 Å². The SMILES string of the molecule is CC(C)N1CCC(Oc2cccc3c2ccn3C)CC1. The van der Waals surface area contributed by atoms with Crippen LogP contribution in [0.15, 0.2) is 30.5 Å². The molecule has 0 bridgehead atoms. The fraction of sp³-hybridized carbons (Fsp3) is 0.529. The monoisotopic (exact) mass is 272 g/mol. The maximum atomic E-state index is 6.27. The summed E-state index contributed by atoms with van der Waals surface area (Å²) >= 11 is 0. The fourth-order valence-electron chi connectivity index (χ4n) is 3.07. The van der Waals surface area contributed by atoms with E-state index in [1.54, 1.807) is 0 Å². The molecule has 2 heterocycles.